The summed E-state index contributed by atoms with van der Waals surface area (Å²) in [5, 5.41) is 0. The van der Waals surface area contributed by atoms with Crippen molar-refractivity contribution >= 4 is 18.1 Å². The van der Waals surface area contributed by atoms with Gasteiger partial charge in [0.25, 0.3) is 0 Å². The van der Waals surface area contributed by atoms with Crippen LogP contribution in [0.25, 0.3) is 0 Å². The van der Waals surface area contributed by atoms with E-state index in [4.69, 9.17) is 4.74 Å². The summed E-state index contributed by atoms with van der Waals surface area (Å²) in [4.78, 5) is 28.4. The lowest BCUT2D eigenvalue weighted by Gasteiger charge is -2.41. The first-order chi connectivity index (χ1) is 13.0. The van der Waals surface area contributed by atoms with Crippen LogP contribution in [0.1, 0.15) is 65.0 Å². The molecule has 0 N–H and O–H groups in total. The third-order valence-electron chi connectivity index (χ3n) is 5.35. The van der Waals surface area contributed by atoms with Gasteiger partial charge in [0.2, 0.25) is 0 Å². The number of carbonyl (C=O) groups excluding carboxylic acids is 2. The van der Waals surface area contributed by atoms with Crippen LogP contribution in [0.15, 0.2) is 12.1 Å². The molecule has 0 radical (unpaired) electrons. The van der Waals surface area contributed by atoms with Gasteiger partial charge in [0.15, 0.2) is 0 Å². The van der Waals surface area contributed by atoms with E-state index in [9.17, 15) is 14.0 Å². The summed E-state index contributed by atoms with van der Waals surface area (Å²) in [5.74, 6) is -0.470. The highest BCUT2D eigenvalue weighted by Gasteiger charge is 2.37. The van der Waals surface area contributed by atoms with Gasteiger partial charge in [-0.2, -0.15) is 0 Å². The number of benzene rings is 1. The van der Waals surface area contributed by atoms with E-state index in [1.54, 1.807) is 20.8 Å². The smallest absolute Gasteiger partial charge is 0.414 e. The van der Waals surface area contributed by atoms with Crippen LogP contribution in [0.4, 0.5) is 14.9 Å². The van der Waals surface area contributed by atoms with Crippen LogP contribution >= 0.6 is 0 Å². The normalized spacial score (nSPS) is 17.7. The van der Waals surface area contributed by atoms with Crippen molar-refractivity contribution in [3.63, 3.8) is 0 Å². The number of ether oxygens (including phenoxy) is 1. The van der Waals surface area contributed by atoms with Crippen LogP contribution in [0.5, 0.6) is 0 Å². The molecule has 0 aromatic heterocycles. The van der Waals surface area contributed by atoms with Gasteiger partial charge >= 0.3 is 6.09 Å². The van der Waals surface area contributed by atoms with E-state index in [1.165, 1.54) is 17.0 Å². The zero-order valence-corrected chi connectivity index (χ0v) is 18.0. The number of piperidine rings is 1. The molecule has 28 heavy (non-hydrogen) atoms. The van der Waals surface area contributed by atoms with Crippen LogP contribution < -0.4 is 4.90 Å². The molecule has 1 aliphatic rings. The van der Waals surface area contributed by atoms with Crippen molar-refractivity contribution in [3.05, 3.63) is 29.1 Å². The van der Waals surface area contributed by atoms with E-state index in [1.807, 2.05) is 20.8 Å². The summed E-state index contributed by atoms with van der Waals surface area (Å²) in [6, 6.07) is 2.76. The van der Waals surface area contributed by atoms with Crippen LogP contribution in [-0.2, 0) is 15.1 Å². The van der Waals surface area contributed by atoms with Crippen LogP contribution in [0.2, 0.25) is 0 Å². The highest BCUT2D eigenvalue weighted by molar-refractivity contribution is 5.89. The molecule has 5 nitrogen and oxygen atoms in total. The molecular weight excluding hydrogens is 359 g/mol. The Bertz CT molecular complexity index is 723. The average molecular weight is 393 g/mol. The van der Waals surface area contributed by atoms with Crippen LogP contribution in [0.3, 0.4) is 0 Å². The lowest BCUT2D eigenvalue weighted by Crippen LogP contribution is -2.48. The number of carbonyl (C=O) groups is 2. The monoisotopic (exact) mass is 392 g/mol. The molecule has 1 heterocycles. The molecule has 6 heteroatoms. The van der Waals surface area contributed by atoms with Crippen LogP contribution in [-0.4, -0.2) is 42.5 Å². The van der Waals surface area contributed by atoms with E-state index in [-0.39, 0.29) is 0 Å². The number of nitrogens with zero attached hydrogens (tertiary/aromatic N) is 2. The van der Waals surface area contributed by atoms with Gasteiger partial charge in [-0.3, -0.25) is 9.80 Å². The van der Waals surface area contributed by atoms with Gasteiger partial charge in [-0.15, -0.1) is 0 Å². The number of anilines is 1. The fourth-order valence-corrected chi connectivity index (χ4v) is 3.85. The Hall–Kier alpha value is -1.95. The summed E-state index contributed by atoms with van der Waals surface area (Å²) in [6.07, 6.45) is 3.54. The van der Waals surface area contributed by atoms with Gasteiger partial charge in [0.05, 0.1) is 11.2 Å². The Balaban J connectivity index is 2.52. The van der Waals surface area contributed by atoms with Crippen LogP contribution in [0, 0.1) is 12.7 Å². The predicted molar refractivity (Wildman–Crippen MR) is 109 cm³/mol. The maximum atomic E-state index is 14.6. The lowest BCUT2D eigenvalue weighted by atomic mass is 9.85. The fourth-order valence-electron chi connectivity index (χ4n) is 3.85. The first-order valence-corrected chi connectivity index (χ1v) is 10.1. The molecule has 1 unspecified atom stereocenters. The van der Waals surface area contributed by atoms with Crippen molar-refractivity contribution in [2.75, 3.05) is 24.5 Å². The Morgan fingerprint density at radius 3 is 2.32 bits per heavy atom. The zero-order chi connectivity index (χ0) is 21.1. The van der Waals surface area contributed by atoms with Gasteiger partial charge in [-0.1, -0.05) is 6.42 Å². The molecule has 156 valence electrons. The molecule has 2 rings (SSSR count). The van der Waals surface area contributed by atoms with Gasteiger partial charge in [-0.25, -0.2) is 9.18 Å². The van der Waals surface area contributed by atoms with E-state index in [2.05, 4.69) is 4.90 Å². The molecule has 0 bridgehead atoms. The van der Waals surface area contributed by atoms with E-state index in [0.717, 1.165) is 38.6 Å². The SMILES string of the molecule is CCN(C(=O)OC(C)(C)C)c1cc(F)cc(C(C)(C=O)N2CCCCC2)c1C. The molecule has 0 saturated carbocycles. The summed E-state index contributed by atoms with van der Waals surface area (Å²) >= 11 is 0. The average Bonchev–Trinajstić information content (AvgIpc) is 2.63. The maximum Gasteiger partial charge on any atom is 0.414 e. The molecular formula is C22H33FN2O3. The zero-order valence-electron chi connectivity index (χ0n) is 18.0. The minimum atomic E-state index is -0.936. The Labute approximate surface area is 167 Å². The number of rotatable bonds is 5. The summed E-state index contributed by atoms with van der Waals surface area (Å²) in [5.41, 5.74) is 0.168. The second-order valence-electron chi connectivity index (χ2n) is 8.64. The molecule has 1 amide bonds. The fraction of sp³-hybridized carbons (Fsp3) is 0.636. The third-order valence-corrected chi connectivity index (χ3v) is 5.35. The van der Waals surface area contributed by atoms with Crippen molar-refractivity contribution in [2.24, 2.45) is 0 Å². The third kappa shape index (κ3) is 4.72. The van der Waals surface area contributed by atoms with Gasteiger partial charge in [-0.05, 0) is 90.7 Å². The Morgan fingerprint density at radius 2 is 1.82 bits per heavy atom. The second kappa shape index (κ2) is 8.60. The van der Waals surface area contributed by atoms with E-state index >= 15 is 0 Å². The largest absolute Gasteiger partial charge is 0.443 e. The molecule has 1 aromatic rings. The van der Waals surface area contributed by atoms with Crippen molar-refractivity contribution in [1.29, 1.82) is 0 Å². The second-order valence-corrected chi connectivity index (χ2v) is 8.64. The quantitative estimate of drug-likeness (QED) is 0.676. The molecule has 0 spiro atoms. The minimum Gasteiger partial charge on any atom is -0.443 e. The van der Waals surface area contributed by atoms with Gasteiger partial charge in [0.1, 0.15) is 17.7 Å². The summed E-state index contributed by atoms with van der Waals surface area (Å²) in [7, 11) is 0. The van der Waals surface area contributed by atoms with E-state index < -0.39 is 23.1 Å². The molecule has 1 aliphatic heterocycles. The van der Waals surface area contributed by atoms with E-state index in [0.29, 0.717) is 23.4 Å². The summed E-state index contributed by atoms with van der Waals surface area (Å²) < 4.78 is 20.1. The number of halogens is 1. The molecule has 1 fully saturated rings. The lowest BCUT2D eigenvalue weighted by molar-refractivity contribution is -0.119. The molecule has 0 aliphatic carbocycles. The molecule has 1 saturated heterocycles. The number of amides is 1. The Morgan fingerprint density at radius 1 is 1.21 bits per heavy atom. The Kier molecular flexibility index (Phi) is 6.86. The van der Waals surface area contributed by atoms with Crippen molar-refractivity contribution in [3.8, 4) is 0 Å². The predicted octanol–water partition coefficient (Wildman–Crippen LogP) is 4.80. The topological polar surface area (TPSA) is 49.9 Å². The number of aldehydes is 1. The summed E-state index contributed by atoms with van der Waals surface area (Å²) in [6.45, 7) is 12.8. The first-order valence-electron chi connectivity index (χ1n) is 10.1. The number of hydrogen-bond donors (Lipinski definition) is 0. The standard InChI is InChI=1S/C22H33FN2O3/c1-7-25(20(27)28-21(3,4)5)19-14-17(23)13-18(16(19)2)22(6,15-26)24-11-9-8-10-12-24/h13-15H,7-12H2,1-6H3. The highest BCUT2D eigenvalue weighted by atomic mass is 19.1. The van der Waals surface area contributed by atoms with Crippen molar-refractivity contribution in [1.82, 2.24) is 4.90 Å². The van der Waals surface area contributed by atoms with Gasteiger partial charge in [0, 0.05) is 6.54 Å². The first kappa shape index (κ1) is 22.3. The number of likely N-dealkylation sites (tertiary alicyclic amines) is 1. The van der Waals surface area contributed by atoms with Crippen molar-refractivity contribution < 1.29 is 18.7 Å². The minimum absolute atomic E-state index is 0.333. The molecule has 1 aromatic carbocycles. The number of hydrogen-bond acceptors (Lipinski definition) is 4. The molecule has 1 atom stereocenters. The van der Waals surface area contributed by atoms with Crippen molar-refractivity contribution in [2.45, 2.75) is 71.9 Å². The highest BCUT2D eigenvalue weighted by Crippen LogP contribution is 2.36. The maximum absolute atomic E-state index is 14.6. The van der Waals surface area contributed by atoms with Gasteiger partial charge < -0.3 is 9.53 Å².